The van der Waals surface area contributed by atoms with Crippen LogP contribution < -0.4 is 5.32 Å². The number of halogens is 2. The Morgan fingerprint density at radius 2 is 2.30 bits per heavy atom. The molecule has 0 aliphatic carbocycles. The molecule has 2 heterocycles. The summed E-state index contributed by atoms with van der Waals surface area (Å²) < 4.78 is 15.1. The summed E-state index contributed by atoms with van der Waals surface area (Å²) in [4.78, 5) is 30.6. The van der Waals surface area contributed by atoms with Gasteiger partial charge >= 0.3 is 6.03 Å². The Kier molecular flexibility index (Phi) is 7.22. The van der Waals surface area contributed by atoms with Crippen molar-refractivity contribution in [2.45, 2.75) is 32.5 Å². The maximum absolute atomic E-state index is 13.3. The quantitative estimate of drug-likeness (QED) is 0.382. The summed E-state index contributed by atoms with van der Waals surface area (Å²) >= 11 is 10.1. The van der Waals surface area contributed by atoms with E-state index in [9.17, 15) is 14.0 Å². The molecule has 0 fully saturated rings. The molecule has 1 unspecified atom stereocenters. The van der Waals surface area contributed by atoms with Crippen molar-refractivity contribution in [2.75, 3.05) is 24.7 Å². The third-order valence-electron chi connectivity index (χ3n) is 4.88. The first-order valence-corrected chi connectivity index (χ1v) is 10.3. The van der Waals surface area contributed by atoms with Crippen LogP contribution in [-0.2, 0) is 29.1 Å². The molecule has 1 atom stereocenters. The number of rotatable bonds is 7. The highest BCUT2D eigenvalue weighted by atomic mass is 35.5. The van der Waals surface area contributed by atoms with Crippen LogP contribution in [0.3, 0.4) is 0 Å². The van der Waals surface area contributed by atoms with E-state index in [1.807, 2.05) is 11.6 Å². The maximum Gasteiger partial charge on any atom is 0.322 e. The number of carbonyl (C=O) groups is 2. The van der Waals surface area contributed by atoms with Gasteiger partial charge in [-0.25, -0.2) is 14.2 Å². The predicted octanol–water partition coefficient (Wildman–Crippen LogP) is 2.89. The Morgan fingerprint density at radius 1 is 1.53 bits per heavy atom. The van der Waals surface area contributed by atoms with Crippen molar-refractivity contribution in [3.05, 3.63) is 46.0 Å². The number of urea groups is 1. The Labute approximate surface area is 184 Å². The van der Waals surface area contributed by atoms with Gasteiger partial charge in [-0.05, 0) is 25.1 Å². The molecule has 8 nitrogen and oxygen atoms in total. The molecule has 1 aliphatic rings. The second-order valence-electron chi connectivity index (χ2n) is 6.98. The van der Waals surface area contributed by atoms with E-state index in [4.69, 9.17) is 16.4 Å². The molecular formula is C19H23ClFN5O3S. The highest BCUT2D eigenvalue weighted by molar-refractivity contribution is 7.80. The van der Waals surface area contributed by atoms with Crippen LogP contribution in [0.5, 0.6) is 0 Å². The largest absolute Gasteiger partial charge is 0.322 e. The molecule has 30 heavy (non-hydrogen) atoms. The molecule has 1 aromatic carbocycles. The van der Waals surface area contributed by atoms with Crippen LogP contribution in [0.1, 0.15) is 17.0 Å². The smallest absolute Gasteiger partial charge is 0.320 e. The van der Waals surface area contributed by atoms with Crippen LogP contribution >= 0.6 is 24.2 Å². The molecule has 1 aliphatic heterocycles. The number of aromatic nitrogens is 2. The normalized spacial score (nSPS) is 14.2. The molecule has 3 rings (SSSR count). The molecule has 1 aromatic heterocycles. The Bertz CT molecular complexity index is 941. The van der Waals surface area contributed by atoms with Crippen LogP contribution in [0.4, 0.5) is 14.9 Å². The monoisotopic (exact) mass is 455 g/mol. The molecule has 11 heteroatoms. The summed E-state index contributed by atoms with van der Waals surface area (Å²) in [6, 6.07) is 3.76. The molecular weight excluding hydrogens is 433 g/mol. The van der Waals surface area contributed by atoms with Gasteiger partial charge in [0.2, 0.25) is 6.41 Å². The summed E-state index contributed by atoms with van der Waals surface area (Å²) in [5, 5.41) is 8.45. The first-order chi connectivity index (χ1) is 14.3. The summed E-state index contributed by atoms with van der Waals surface area (Å²) in [6.45, 7) is 3.28. The zero-order chi connectivity index (χ0) is 21.8. The van der Waals surface area contributed by atoms with E-state index in [-0.39, 0.29) is 17.2 Å². The van der Waals surface area contributed by atoms with Crippen molar-refractivity contribution in [1.29, 1.82) is 0 Å². The minimum atomic E-state index is -0.539. The number of hydrogen-bond acceptors (Lipinski definition) is 5. The fourth-order valence-corrected chi connectivity index (χ4v) is 3.63. The number of carbonyl (C=O) groups excluding carboxylic acids is 2. The minimum absolute atomic E-state index is 0.0490. The minimum Gasteiger partial charge on any atom is -0.320 e. The van der Waals surface area contributed by atoms with Crippen LogP contribution in [0.15, 0.2) is 18.2 Å². The maximum atomic E-state index is 13.3. The number of hydroxylamine groups is 2. The SMILES string of the molecule is Cc1c2c(nn1CC(CS)ON(C)C=O)CCN(C(=O)Nc1ccc(F)c(Cl)c1)C2. The van der Waals surface area contributed by atoms with E-state index < -0.39 is 5.82 Å². The topological polar surface area (TPSA) is 79.7 Å². The molecule has 0 spiro atoms. The first kappa shape index (κ1) is 22.4. The van der Waals surface area contributed by atoms with Crippen molar-refractivity contribution < 1.29 is 18.8 Å². The second-order valence-corrected chi connectivity index (χ2v) is 7.76. The molecule has 3 amide bonds. The van der Waals surface area contributed by atoms with Gasteiger partial charge in [0, 0.05) is 42.7 Å². The molecule has 0 radical (unpaired) electrons. The molecule has 0 bridgehead atoms. The number of nitrogens with one attached hydrogen (secondary N) is 1. The Balaban J connectivity index is 1.68. The highest BCUT2D eigenvalue weighted by Crippen LogP contribution is 2.24. The van der Waals surface area contributed by atoms with Gasteiger partial charge in [-0.2, -0.15) is 17.7 Å². The third kappa shape index (κ3) is 5.05. The van der Waals surface area contributed by atoms with E-state index in [1.54, 1.807) is 4.90 Å². The van der Waals surface area contributed by atoms with Crippen molar-refractivity contribution in [3.63, 3.8) is 0 Å². The van der Waals surface area contributed by atoms with Crippen molar-refractivity contribution >= 4 is 42.4 Å². The first-order valence-electron chi connectivity index (χ1n) is 9.34. The fraction of sp³-hybridized carbons (Fsp3) is 0.421. The van der Waals surface area contributed by atoms with Crippen LogP contribution in [-0.4, -0.2) is 57.6 Å². The summed E-state index contributed by atoms with van der Waals surface area (Å²) in [5.41, 5.74) is 3.27. The molecule has 1 N–H and O–H groups in total. The van der Waals surface area contributed by atoms with E-state index in [1.165, 1.54) is 25.2 Å². The summed E-state index contributed by atoms with van der Waals surface area (Å²) in [6.07, 6.45) is 0.870. The average Bonchev–Trinajstić information content (AvgIpc) is 3.04. The summed E-state index contributed by atoms with van der Waals surface area (Å²) in [7, 11) is 1.52. The van der Waals surface area contributed by atoms with Gasteiger partial charge in [-0.15, -0.1) is 0 Å². The van der Waals surface area contributed by atoms with Crippen LogP contribution in [0.2, 0.25) is 5.02 Å². The van der Waals surface area contributed by atoms with Crippen molar-refractivity contribution in [3.8, 4) is 0 Å². The van der Waals surface area contributed by atoms with Gasteiger partial charge in [0.25, 0.3) is 0 Å². The van der Waals surface area contributed by atoms with E-state index in [2.05, 4.69) is 23.0 Å². The van der Waals surface area contributed by atoms with Crippen LogP contribution in [0, 0.1) is 12.7 Å². The Hall–Kier alpha value is -2.30. The lowest BCUT2D eigenvalue weighted by atomic mass is 10.1. The summed E-state index contributed by atoms with van der Waals surface area (Å²) in [5.74, 6) is -0.125. The second kappa shape index (κ2) is 9.67. The van der Waals surface area contributed by atoms with Gasteiger partial charge in [0.1, 0.15) is 11.9 Å². The van der Waals surface area contributed by atoms with Gasteiger partial charge in [-0.1, -0.05) is 11.6 Å². The van der Waals surface area contributed by atoms with Crippen molar-refractivity contribution in [2.24, 2.45) is 0 Å². The number of benzene rings is 1. The van der Waals surface area contributed by atoms with E-state index in [0.29, 0.717) is 43.9 Å². The lowest BCUT2D eigenvalue weighted by Gasteiger charge is -2.27. The number of fused-ring (bicyclic) bond motifs is 1. The lowest BCUT2D eigenvalue weighted by Crippen LogP contribution is -2.38. The van der Waals surface area contributed by atoms with E-state index in [0.717, 1.165) is 22.0 Å². The van der Waals surface area contributed by atoms with Gasteiger partial charge in [-0.3, -0.25) is 14.3 Å². The third-order valence-corrected chi connectivity index (χ3v) is 5.58. The Morgan fingerprint density at radius 3 is 2.97 bits per heavy atom. The fourth-order valence-electron chi connectivity index (χ4n) is 3.27. The number of anilines is 1. The number of amides is 3. The van der Waals surface area contributed by atoms with Crippen LogP contribution in [0.25, 0.3) is 0 Å². The molecule has 0 saturated carbocycles. The molecule has 0 saturated heterocycles. The van der Waals surface area contributed by atoms with Gasteiger partial charge in [0.05, 0.1) is 23.8 Å². The number of nitrogens with zero attached hydrogens (tertiary/aromatic N) is 4. The van der Waals surface area contributed by atoms with E-state index >= 15 is 0 Å². The highest BCUT2D eigenvalue weighted by Gasteiger charge is 2.27. The number of thiol groups is 1. The zero-order valence-electron chi connectivity index (χ0n) is 16.6. The zero-order valence-corrected chi connectivity index (χ0v) is 18.3. The predicted molar refractivity (Wildman–Crippen MR) is 114 cm³/mol. The van der Waals surface area contributed by atoms with Gasteiger partial charge in [0.15, 0.2) is 0 Å². The van der Waals surface area contributed by atoms with Crippen molar-refractivity contribution in [1.82, 2.24) is 19.7 Å². The molecule has 162 valence electrons. The van der Waals surface area contributed by atoms with Gasteiger partial charge < -0.3 is 10.2 Å². The molecule has 2 aromatic rings. The standard InChI is InChI=1S/C19H23ClFN5O3S/c1-12-15-9-25(19(28)22-13-3-4-17(21)16(20)7-13)6-5-18(15)23-26(12)8-14(10-30)29-24(2)11-27/h3-4,7,11,14,30H,5-6,8-10H2,1-2H3,(H,22,28). The average molecular weight is 456 g/mol. The number of hydrogen-bond donors (Lipinski definition) is 2. The lowest BCUT2D eigenvalue weighted by molar-refractivity contribution is -0.181.